The van der Waals surface area contributed by atoms with Crippen LogP contribution in [0, 0.1) is 41.4 Å². The summed E-state index contributed by atoms with van der Waals surface area (Å²) < 4.78 is 0. The number of aromatic nitrogens is 2. The van der Waals surface area contributed by atoms with Crippen molar-refractivity contribution in [2.75, 3.05) is 31.1 Å². The van der Waals surface area contributed by atoms with Gasteiger partial charge in [-0.3, -0.25) is 67.1 Å². The highest BCUT2D eigenvalue weighted by Crippen LogP contribution is 2.29. The van der Waals surface area contributed by atoms with Crippen LogP contribution < -0.4 is 49.1 Å². The summed E-state index contributed by atoms with van der Waals surface area (Å²) in [7, 11) is 0. The first-order valence-electron chi connectivity index (χ1n) is 58.1. The normalized spacial score (nSPS) is 13.5. The third-order valence-corrected chi connectivity index (χ3v) is 29.8. The molecule has 146 heavy (non-hydrogen) atoms. The summed E-state index contributed by atoms with van der Waals surface area (Å²) in [5.41, 5.74) is 20.9. The van der Waals surface area contributed by atoms with Gasteiger partial charge in [-0.15, -0.1) is 0 Å². The van der Waals surface area contributed by atoms with Gasteiger partial charge in [-0.1, -0.05) is 361 Å². The van der Waals surface area contributed by atoms with Gasteiger partial charge >= 0.3 is 0 Å². The van der Waals surface area contributed by atoms with E-state index in [4.69, 9.17) is 17.2 Å². The zero-order valence-electron chi connectivity index (χ0n) is 92.0. The summed E-state index contributed by atoms with van der Waals surface area (Å²) in [6, 6.07) is 11.5. The first-order chi connectivity index (χ1) is 70.6. The zero-order valence-corrected chi connectivity index (χ0v) is 93.8. The molecule has 2 aromatic heterocycles. The van der Waals surface area contributed by atoms with Crippen molar-refractivity contribution in [3.63, 3.8) is 0 Å². The van der Waals surface area contributed by atoms with Gasteiger partial charge in [-0.05, 0) is 120 Å². The van der Waals surface area contributed by atoms with Gasteiger partial charge in [0.15, 0.2) is 23.1 Å². The number of Topliss-reactive ketones (excluding diaryl/α,β-unsaturated/α-hetero) is 6. The van der Waals surface area contributed by atoms with Crippen molar-refractivity contribution >= 4 is 129 Å². The van der Waals surface area contributed by atoms with Crippen LogP contribution in [-0.2, 0) is 80.0 Å². The number of amides is 8. The van der Waals surface area contributed by atoms with Gasteiger partial charge in [-0.25, -0.2) is 0 Å². The minimum atomic E-state index is -1.03. The highest BCUT2D eigenvalue weighted by molar-refractivity contribution is 7.80. The van der Waals surface area contributed by atoms with Crippen molar-refractivity contribution in [1.29, 1.82) is 0 Å². The SMILES string of the molecule is CCCCCCCCCCCCCC(=O)C[C@@H](CCCCNC(=O)CCCCCCCCCCCCC)C(=O)N[C@@H](C)C(=O)C[C@@H](C)C(=O)N[C@@H](CS)C(=O)C[C@@H](Cc1c[nH]c2ccccc12)C(N)=O.CCCCCCCCCCCCCC(=O)C[C@@H](CCCCNC(=O)CCCCCCCCCCCCC)C(=O)N[C@H](C(=O)C[C@@H](CCCCN)C(=O)N[C@@H](CS)C(=O)C[C@@H](Cc1c[nH]c2ccccc12)C(N)=O)C(C)C. The molecule has 14 N–H and O–H groups in total. The van der Waals surface area contributed by atoms with Crippen LogP contribution in [0.1, 0.15) is 471 Å². The second-order valence-corrected chi connectivity index (χ2v) is 43.3. The maximum absolute atomic E-state index is 14.3. The Morgan fingerprint density at radius 1 is 0.315 bits per heavy atom. The monoisotopic (exact) mass is 2070 g/mol. The minimum Gasteiger partial charge on any atom is -0.369 e. The van der Waals surface area contributed by atoms with Crippen LogP contribution in [0.3, 0.4) is 0 Å². The molecule has 0 unspecified atom stereocenters. The maximum Gasteiger partial charge on any atom is 0.224 e. The molecule has 0 saturated heterocycles. The number of carbonyl (C=O) groups excluding carboxylic acids is 14. The lowest BCUT2D eigenvalue weighted by molar-refractivity contribution is -0.135. The van der Waals surface area contributed by atoms with Gasteiger partial charge in [0.1, 0.15) is 11.6 Å². The number of aromatic amines is 2. The molecule has 0 saturated carbocycles. The Labute approximate surface area is 891 Å². The molecule has 0 spiro atoms. The van der Waals surface area contributed by atoms with E-state index in [9.17, 15) is 67.1 Å². The first-order valence-corrected chi connectivity index (χ1v) is 59.3. The van der Waals surface area contributed by atoms with Crippen LogP contribution in [0.15, 0.2) is 60.9 Å². The Balaban J connectivity index is 0.000000753. The molecule has 0 radical (unpaired) electrons. The second-order valence-electron chi connectivity index (χ2n) is 42.6. The van der Waals surface area contributed by atoms with Crippen LogP contribution in [0.2, 0.25) is 0 Å². The molecule has 10 atom stereocenters. The van der Waals surface area contributed by atoms with E-state index in [2.05, 4.69) is 94.8 Å². The number of unbranched alkanes of at least 4 members (excludes halogenated alkanes) is 43. The molecule has 0 bridgehead atoms. The van der Waals surface area contributed by atoms with E-state index in [0.717, 1.165) is 110 Å². The number of H-pyrrole nitrogens is 2. The number of nitrogens with one attached hydrogen (secondary N) is 8. The van der Waals surface area contributed by atoms with E-state index in [1.165, 1.54) is 205 Å². The van der Waals surface area contributed by atoms with Crippen LogP contribution in [0.4, 0.5) is 0 Å². The van der Waals surface area contributed by atoms with Crippen molar-refractivity contribution in [2.45, 2.75) is 497 Å². The number of hydrogen-bond acceptors (Lipinski definition) is 17. The molecule has 0 aliphatic carbocycles. The maximum atomic E-state index is 14.3. The molecule has 0 aliphatic rings. The summed E-state index contributed by atoms with van der Waals surface area (Å²) in [6.45, 7) is 17.2. The Morgan fingerprint density at radius 2 is 0.616 bits per heavy atom. The summed E-state index contributed by atoms with van der Waals surface area (Å²) >= 11 is 8.71. The summed E-state index contributed by atoms with van der Waals surface area (Å²) in [4.78, 5) is 194. The van der Waals surface area contributed by atoms with E-state index in [0.29, 0.717) is 103 Å². The molecular formula is C119H201N11O14S2. The number of ketones is 6. The average Bonchev–Trinajstić information content (AvgIpc) is 1.71. The van der Waals surface area contributed by atoms with E-state index >= 15 is 0 Å². The summed E-state index contributed by atoms with van der Waals surface area (Å²) in [5, 5.41) is 19.3. The fraction of sp³-hybridized carbons (Fsp3) is 0.748. The molecule has 2 aromatic carbocycles. The van der Waals surface area contributed by atoms with E-state index in [1.54, 1.807) is 20.0 Å². The fourth-order valence-electron chi connectivity index (χ4n) is 19.6. The lowest BCUT2D eigenvalue weighted by atomic mass is 9.87. The molecular weight excluding hydrogens is 1870 g/mol. The van der Waals surface area contributed by atoms with Crippen molar-refractivity contribution in [1.82, 2.24) is 41.9 Å². The van der Waals surface area contributed by atoms with Crippen molar-refractivity contribution < 1.29 is 67.1 Å². The molecule has 0 fully saturated rings. The smallest absolute Gasteiger partial charge is 0.224 e. The third kappa shape index (κ3) is 61.3. The van der Waals surface area contributed by atoms with Crippen LogP contribution in [0.5, 0.6) is 0 Å². The molecule has 27 heteroatoms. The van der Waals surface area contributed by atoms with Crippen molar-refractivity contribution in [2.24, 2.45) is 58.6 Å². The lowest BCUT2D eigenvalue weighted by Crippen LogP contribution is -2.49. The number of rotatable bonds is 95. The van der Waals surface area contributed by atoms with Crippen LogP contribution >= 0.6 is 25.3 Å². The quantitative estimate of drug-likeness (QED) is 0.0144. The van der Waals surface area contributed by atoms with Gasteiger partial charge < -0.3 is 59.1 Å². The Hall–Kier alpha value is -8.04. The lowest BCUT2D eigenvalue weighted by Gasteiger charge is -2.27. The highest BCUT2D eigenvalue weighted by Gasteiger charge is 2.36. The molecule has 828 valence electrons. The van der Waals surface area contributed by atoms with E-state index < -0.39 is 94.9 Å². The Morgan fingerprint density at radius 3 is 0.952 bits per heavy atom. The highest BCUT2D eigenvalue weighted by atomic mass is 32.1. The molecule has 25 nitrogen and oxygen atoms in total. The topological polar surface area (TPSA) is 421 Å². The average molecular weight is 2070 g/mol. The molecule has 4 rings (SSSR count). The third-order valence-electron chi connectivity index (χ3n) is 29.1. The van der Waals surface area contributed by atoms with E-state index in [1.807, 2.05) is 68.6 Å². The number of fused-ring (bicyclic) bond motifs is 2. The number of para-hydroxylation sites is 2. The second kappa shape index (κ2) is 84.6. The number of hydrogen-bond donors (Lipinski definition) is 13. The number of carbonyl (C=O) groups is 14. The molecule has 4 aromatic rings. The van der Waals surface area contributed by atoms with Gasteiger partial charge in [0.25, 0.3) is 0 Å². The standard InChI is InChI=1S/C62H106N6O7S.C57H95N5O7S/c1-5-7-9-11-13-15-17-19-21-23-25-35-52(69)42-48(34-30-32-40-65-58(72)38-26-24-22-20-18-16-14-12-10-8-6-2)62(75)68-59(47(3)4)57(71)43-49(33-29-31-39-63)61(74)67-55(46-76)56(70)44-50(60(64)73)41-51-45-66-54-37-28-27-36-53(51)54;1-5-7-9-11-13-15-17-19-21-23-25-32-48(63)39-45(31-29-30-36-59-54(66)35-26-24-22-20-18-16-14-12-10-8-6-2)57(69)61-44(4)52(64)37-43(3)56(68)62-51(42-70)53(65)40-46(55(58)67)38-47-41-60-50-34-28-27-33-49(47)50/h27-28,36-37,45,47-50,55,59,66,76H,5-26,29-35,38-44,46,63H2,1-4H3,(H2,64,73)(H,65,72)(H,67,74)(H,68,75);27-28,33-34,41,43-46,51,60,70H,5-26,29-32,35-40,42H2,1-4H3,(H2,58,67)(H,59,66)(H,61,69)(H,62,68)/t48-,49-,50-,55+,59+;43-,44+,45-,46-,51+/m11/s1. The van der Waals surface area contributed by atoms with Gasteiger partial charge in [0, 0.05) is 159 Å². The van der Waals surface area contributed by atoms with E-state index in [-0.39, 0.29) is 116 Å². The Kier molecular flexibility index (Phi) is 76.6. The summed E-state index contributed by atoms with van der Waals surface area (Å²) in [5.74, 6) is -9.17. The molecule has 8 amide bonds. The number of thiol groups is 2. The number of nitrogens with two attached hydrogens (primary N) is 3. The Bertz CT molecular complexity index is 4280. The molecule has 2 heterocycles. The minimum absolute atomic E-state index is 0.0125. The van der Waals surface area contributed by atoms with Gasteiger partial charge in [0.2, 0.25) is 47.3 Å². The van der Waals surface area contributed by atoms with Gasteiger partial charge in [0.05, 0.1) is 24.2 Å². The largest absolute Gasteiger partial charge is 0.369 e. The van der Waals surface area contributed by atoms with Crippen molar-refractivity contribution in [3.05, 3.63) is 72.1 Å². The van der Waals surface area contributed by atoms with Crippen LogP contribution in [-0.4, -0.2) is 147 Å². The zero-order chi connectivity index (χ0) is 107. The predicted molar refractivity (Wildman–Crippen MR) is 604 cm³/mol. The predicted octanol–water partition coefficient (Wildman–Crippen LogP) is 23.8. The number of benzene rings is 2. The van der Waals surface area contributed by atoms with Gasteiger partial charge in [-0.2, -0.15) is 25.3 Å². The fourth-order valence-corrected chi connectivity index (χ4v) is 20.1. The first kappa shape index (κ1) is 132. The summed E-state index contributed by atoms with van der Waals surface area (Å²) in [6.07, 6.45) is 63.4. The molecule has 0 aliphatic heterocycles. The van der Waals surface area contributed by atoms with Crippen LogP contribution in [0.25, 0.3) is 21.8 Å². The van der Waals surface area contributed by atoms with Crippen molar-refractivity contribution in [3.8, 4) is 0 Å². The number of primary amides is 2.